The molecule has 0 radical (unpaired) electrons. The molecule has 110 valence electrons. The van der Waals surface area contributed by atoms with Crippen molar-refractivity contribution in [2.24, 2.45) is 5.73 Å². The second-order valence-electron chi connectivity index (χ2n) is 4.49. The number of rotatable bonds is 8. The quantitative estimate of drug-likeness (QED) is 0.650. The maximum Gasteiger partial charge on any atom is 0.326 e. The number of carboxylic acid groups (broad SMARTS) is 1. The van der Waals surface area contributed by atoms with Crippen LogP contribution in [0.2, 0.25) is 0 Å². The highest BCUT2D eigenvalue weighted by Gasteiger charge is 2.19. The molecule has 1 aromatic rings. The van der Waals surface area contributed by atoms with Gasteiger partial charge in [-0.1, -0.05) is 17.7 Å². The molecule has 0 saturated heterocycles. The van der Waals surface area contributed by atoms with Crippen molar-refractivity contribution < 1.29 is 19.4 Å². The van der Waals surface area contributed by atoms with E-state index < -0.39 is 17.9 Å². The van der Waals surface area contributed by atoms with Gasteiger partial charge in [0.25, 0.3) is 5.91 Å². The van der Waals surface area contributed by atoms with Crippen molar-refractivity contribution in [3.05, 3.63) is 29.8 Å². The second kappa shape index (κ2) is 8.16. The summed E-state index contributed by atoms with van der Waals surface area (Å²) in [6.45, 7) is 2.13. The van der Waals surface area contributed by atoms with E-state index >= 15 is 0 Å². The minimum atomic E-state index is -1.07. The number of nitrogens with two attached hydrogens (primary N) is 1. The van der Waals surface area contributed by atoms with Gasteiger partial charge in [-0.3, -0.25) is 4.79 Å². The Bertz CT molecular complexity index is 445. The molecule has 6 heteroatoms. The molecule has 0 aliphatic carbocycles. The first-order valence-corrected chi connectivity index (χ1v) is 6.44. The third-order valence-electron chi connectivity index (χ3n) is 2.72. The molecular weight excluding hydrogens is 260 g/mol. The SMILES string of the molecule is Cc1ccc(OCC(=O)N[C@@H](CCCN)C(=O)O)cc1. The molecule has 1 atom stereocenters. The van der Waals surface area contributed by atoms with Crippen LogP contribution in [0.25, 0.3) is 0 Å². The van der Waals surface area contributed by atoms with Crippen LogP contribution in [0.15, 0.2) is 24.3 Å². The predicted octanol–water partition coefficient (Wildman–Crippen LogP) is 0.682. The number of benzene rings is 1. The van der Waals surface area contributed by atoms with Crippen molar-refractivity contribution in [2.45, 2.75) is 25.8 Å². The first-order valence-electron chi connectivity index (χ1n) is 6.44. The van der Waals surface area contributed by atoms with Crippen LogP contribution in [0.5, 0.6) is 5.75 Å². The maximum absolute atomic E-state index is 11.6. The molecule has 0 unspecified atom stereocenters. The Labute approximate surface area is 117 Å². The summed E-state index contributed by atoms with van der Waals surface area (Å²) in [6.07, 6.45) is 0.845. The number of ether oxygens (including phenoxy) is 1. The van der Waals surface area contributed by atoms with Gasteiger partial charge in [0, 0.05) is 0 Å². The van der Waals surface area contributed by atoms with Crippen molar-refractivity contribution in [3.63, 3.8) is 0 Å². The molecule has 6 nitrogen and oxygen atoms in total. The maximum atomic E-state index is 11.6. The Morgan fingerprint density at radius 2 is 2.00 bits per heavy atom. The lowest BCUT2D eigenvalue weighted by Gasteiger charge is -2.14. The van der Waals surface area contributed by atoms with E-state index in [-0.39, 0.29) is 6.61 Å². The van der Waals surface area contributed by atoms with E-state index in [1.54, 1.807) is 12.1 Å². The highest BCUT2D eigenvalue weighted by molar-refractivity contribution is 5.84. The van der Waals surface area contributed by atoms with E-state index in [2.05, 4.69) is 5.32 Å². The van der Waals surface area contributed by atoms with E-state index in [0.29, 0.717) is 25.1 Å². The number of carbonyl (C=O) groups excluding carboxylic acids is 1. The molecule has 0 saturated carbocycles. The fourth-order valence-electron chi connectivity index (χ4n) is 1.60. The molecule has 0 bridgehead atoms. The van der Waals surface area contributed by atoms with Crippen molar-refractivity contribution in [1.82, 2.24) is 5.32 Å². The average Bonchev–Trinajstić information content (AvgIpc) is 2.42. The lowest BCUT2D eigenvalue weighted by molar-refractivity contribution is -0.142. The van der Waals surface area contributed by atoms with E-state index in [0.717, 1.165) is 5.56 Å². The van der Waals surface area contributed by atoms with Gasteiger partial charge in [0.15, 0.2) is 6.61 Å². The second-order valence-corrected chi connectivity index (χ2v) is 4.49. The first-order chi connectivity index (χ1) is 9.52. The third-order valence-corrected chi connectivity index (χ3v) is 2.72. The first kappa shape index (κ1) is 16.0. The minimum absolute atomic E-state index is 0.213. The van der Waals surface area contributed by atoms with E-state index in [1.165, 1.54) is 0 Å². The van der Waals surface area contributed by atoms with Crippen molar-refractivity contribution in [1.29, 1.82) is 0 Å². The topological polar surface area (TPSA) is 102 Å². The lowest BCUT2D eigenvalue weighted by atomic mass is 10.1. The Kier molecular flexibility index (Phi) is 6.52. The fourth-order valence-corrected chi connectivity index (χ4v) is 1.60. The average molecular weight is 280 g/mol. The van der Waals surface area contributed by atoms with Gasteiger partial charge in [-0.2, -0.15) is 0 Å². The van der Waals surface area contributed by atoms with Gasteiger partial charge >= 0.3 is 5.97 Å². The number of nitrogens with one attached hydrogen (secondary N) is 1. The smallest absolute Gasteiger partial charge is 0.326 e. The number of aryl methyl sites for hydroxylation is 1. The predicted molar refractivity (Wildman–Crippen MR) is 74.5 cm³/mol. The van der Waals surface area contributed by atoms with Crippen LogP contribution in [0, 0.1) is 6.92 Å². The summed E-state index contributed by atoms with van der Waals surface area (Å²) >= 11 is 0. The summed E-state index contributed by atoms with van der Waals surface area (Å²) in [7, 11) is 0. The number of hydrogen-bond donors (Lipinski definition) is 3. The van der Waals surface area contributed by atoms with Gasteiger partial charge in [0.1, 0.15) is 11.8 Å². The van der Waals surface area contributed by atoms with Crippen LogP contribution in [0.3, 0.4) is 0 Å². The normalized spacial score (nSPS) is 11.7. The zero-order chi connectivity index (χ0) is 15.0. The van der Waals surface area contributed by atoms with Gasteiger partial charge in [-0.05, 0) is 38.4 Å². The number of aliphatic carboxylic acids is 1. The van der Waals surface area contributed by atoms with Gasteiger partial charge in [0.2, 0.25) is 0 Å². The summed E-state index contributed by atoms with van der Waals surface area (Å²) < 4.78 is 5.28. The van der Waals surface area contributed by atoms with Gasteiger partial charge in [-0.25, -0.2) is 4.79 Å². The van der Waals surface area contributed by atoms with Crippen LogP contribution in [-0.2, 0) is 9.59 Å². The third kappa shape index (κ3) is 5.71. The molecule has 0 aliphatic rings. The Morgan fingerprint density at radius 3 is 2.55 bits per heavy atom. The standard InChI is InChI=1S/C14H20N2O4/c1-10-4-6-11(7-5-10)20-9-13(17)16-12(14(18)19)3-2-8-15/h4-7,12H,2-3,8-9,15H2,1H3,(H,16,17)(H,18,19)/t12-/m0/s1. The van der Waals surface area contributed by atoms with Crippen LogP contribution >= 0.6 is 0 Å². The van der Waals surface area contributed by atoms with E-state index in [9.17, 15) is 9.59 Å². The molecule has 0 fully saturated rings. The summed E-state index contributed by atoms with van der Waals surface area (Å²) in [6, 6.07) is 6.33. The van der Waals surface area contributed by atoms with Crippen LogP contribution in [0.4, 0.5) is 0 Å². The highest BCUT2D eigenvalue weighted by atomic mass is 16.5. The number of carbonyl (C=O) groups is 2. The largest absolute Gasteiger partial charge is 0.484 e. The van der Waals surface area contributed by atoms with Gasteiger partial charge in [0.05, 0.1) is 0 Å². The van der Waals surface area contributed by atoms with Gasteiger partial charge < -0.3 is 20.9 Å². The molecule has 1 rings (SSSR count). The molecule has 4 N–H and O–H groups in total. The monoisotopic (exact) mass is 280 g/mol. The molecule has 0 heterocycles. The van der Waals surface area contributed by atoms with Gasteiger partial charge in [-0.15, -0.1) is 0 Å². The van der Waals surface area contributed by atoms with Crippen molar-refractivity contribution >= 4 is 11.9 Å². The Morgan fingerprint density at radius 1 is 1.35 bits per heavy atom. The molecule has 0 aliphatic heterocycles. The highest BCUT2D eigenvalue weighted by Crippen LogP contribution is 2.11. The van der Waals surface area contributed by atoms with E-state index in [4.69, 9.17) is 15.6 Å². The van der Waals surface area contributed by atoms with Crippen LogP contribution in [-0.4, -0.2) is 36.2 Å². The summed E-state index contributed by atoms with van der Waals surface area (Å²) in [5, 5.41) is 11.4. The zero-order valence-electron chi connectivity index (χ0n) is 11.5. The molecule has 20 heavy (non-hydrogen) atoms. The van der Waals surface area contributed by atoms with E-state index in [1.807, 2.05) is 19.1 Å². The summed E-state index contributed by atoms with van der Waals surface area (Å²) in [5.74, 6) is -0.961. The Balaban J connectivity index is 2.41. The molecular formula is C14H20N2O4. The molecule has 1 aromatic carbocycles. The molecule has 1 amide bonds. The lowest BCUT2D eigenvalue weighted by Crippen LogP contribution is -2.43. The number of carboxylic acids is 1. The minimum Gasteiger partial charge on any atom is -0.484 e. The number of hydrogen-bond acceptors (Lipinski definition) is 4. The number of amides is 1. The molecule has 0 spiro atoms. The summed E-state index contributed by atoms with van der Waals surface area (Å²) in [4.78, 5) is 22.6. The fraction of sp³-hybridized carbons (Fsp3) is 0.429. The van der Waals surface area contributed by atoms with Crippen LogP contribution in [0.1, 0.15) is 18.4 Å². The Hall–Kier alpha value is -2.08. The molecule has 0 aromatic heterocycles. The zero-order valence-corrected chi connectivity index (χ0v) is 11.5. The van der Waals surface area contributed by atoms with Crippen molar-refractivity contribution in [3.8, 4) is 5.75 Å². The van der Waals surface area contributed by atoms with Crippen molar-refractivity contribution in [2.75, 3.05) is 13.2 Å². The van der Waals surface area contributed by atoms with Crippen LogP contribution < -0.4 is 15.8 Å². The summed E-state index contributed by atoms with van der Waals surface area (Å²) in [5.41, 5.74) is 6.42.